The lowest BCUT2D eigenvalue weighted by Gasteiger charge is -2.36. The minimum absolute atomic E-state index is 0.0258. The molecule has 0 unspecified atom stereocenters. The molecule has 2 aromatic rings. The van der Waals surface area contributed by atoms with Gasteiger partial charge >= 0.3 is 6.03 Å². The molecule has 4 rings (SSSR count). The first-order valence-electron chi connectivity index (χ1n) is 10.9. The number of anilines is 3. The Bertz CT molecular complexity index is 935. The molecule has 3 amide bonds. The summed E-state index contributed by atoms with van der Waals surface area (Å²) >= 11 is 12.3. The topological polar surface area (TPSA) is 67.9 Å². The molecule has 0 spiro atoms. The lowest BCUT2D eigenvalue weighted by molar-refractivity contribution is -0.117. The highest BCUT2D eigenvalue weighted by molar-refractivity contribution is 6.39. The zero-order valence-electron chi connectivity index (χ0n) is 17.8. The van der Waals surface area contributed by atoms with Crippen LogP contribution in [0, 0.1) is 0 Å². The second kappa shape index (κ2) is 10.4. The Morgan fingerprint density at radius 3 is 2.06 bits per heavy atom. The number of amides is 3. The summed E-state index contributed by atoms with van der Waals surface area (Å²) in [5.74, 6) is 0.0258. The molecule has 0 saturated carbocycles. The summed E-state index contributed by atoms with van der Waals surface area (Å²) in [7, 11) is 0. The maximum Gasteiger partial charge on any atom is 0.322 e. The van der Waals surface area contributed by atoms with E-state index in [-0.39, 0.29) is 11.9 Å². The van der Waals surface area contributed by atoms with E-state index in [4.69, 9.17) is 23.2 Å². The van der Waals surface area contributed by atoms with Gasteiger partial charge in [-0.2, -0.15) is 0 Å². The van der Waals surface area contributed by atoms with Crippen LogP contribution in [0.25, 0.3) is 0 Å². The van der Waals surface area contributed by atoms with E-state index < -0.39 is 0 Å². The molecule has 2 heterocycles. The Morgan fingerprint density at radius 2 is 1.44 bits per heavy atom. The van der Waals surface area contributed by atoms with Crippen LogP contribution >= 0.6 is 23.2 Å². The Kier molecular flexibility index (Phi) is 7.40. The molecule has 170 valence electrons. The second-order valence-corrected chi connectivity index (χ2v) is 8.89. The van der Waals surface area contributed by atoms with Crippen LogP contribution < -0.4 is 15.5 Å². The molecule has 2 aliphatic heterocycles. The number of nitrogens with one attached hydrogen (secondary N) is 2. The Balaban J connectivity index is 1.26. The van der Waals surface area contributed by atoms with E-state index in [1.807, 2.05) is 24.3 Å². The molecule has 7 nitrogen and oxygen atoms in total. The third-order valence-electron chi connectivity index (χ3n) is 5.84. The number of hydrogen-bond acceptors (Lipinski definition) is 4. The van der Waals surface area contributed by atoms with Crippen molar-refractivity contribution >= 4 is 52.2 Å². The third kappa shape index (κ3) is 5.65. The Morgan fingerprint density at radius 1 is 0.812 bits per heavy atom. The van der Waals surface area contributed by atoms with Crippen molar-refractivity contribution in [3.63, 3.8) is 0 Å². The van der Waals surface area contributed by atoms with Gasteiger partial charge in [0.25, 0.3) is 0 Å². The summed E-state index contributed by atoms with van der Waals surface area (Å²) in [6.45, 7) is 5.05. The molecule has 2 aliphatic rings. The predicted octanol–water partition coefficient (Wildman–Crippen LogP) is 4.38. The molecule has 0 bridgehead atoms. The zero-order valence-corrected chi connectivity index (χ0v) is 19.3. The molecule has 0 aliphatic carbocycles. The van der Waals surface area contributed by atoms with Gasteiger partial charge in [-0.15, -0.1) is 0 Å². The summed E-state index contributed by atoms with van der Waals surface area (Å²) < 4.78 is 0. The van der Waals surface area contributed by atoms with Crippen LogP contribution in [0.5, 0.6) is 0 Å². The van der Waals surface area contributed by atoms with Crippen LogP contribution in [-0.2, 0) is 4.79 Å². The molecule has 2 aromatic carbocycles. The van der Waals surface area contributed by atoms with Crippen molar-refractivity contribution in [2.24, 2.45) is 0 Å². The van der Waals surface area contributed by atoms with E-state index in [9.17, 15) is 9.59 Å². The van der Waals surface area contributed by atoms with E-state index in [0.29, 0.717) is 48.5 Å². The molecule has 9 heteroatoms. The van der Waals surface area contributed by atoms with Crippen molar-refractivity contribution in [1.82, 2.24) is 9.80 Å². The third-order valence-corrected chi connectivity index (χ3v) is 6.47. The highest BCUT2D eigenvalue weighted by Crippen LogP contribution is 2.30. The van der Waals surface area contributed by atoms with Crippen molar-refractivity contribution < 1.29 is 9.59 Å². The number of para-hydroxylation sites is 1. The first kappa shape index (κ1) is 22.7. The van der Waals surface area contributed by atoms with E-state index in [1.54, 1.807) is 23.1 Å². The van der Waals surface area contributed by atoms with Crippen LogP contribution in [0.1, 0.15) is 12.8 Å². The highest BCUT2D eigenvalue weighted by Gasteiger charge is 2.22. The molecule has 2 N–H and O–H groups in total. The maximum absolute atomic E-state index is 12.6. The van der Waals surface area contributed by atoms with Crippen molar-refractivity contribution in [2.75, 3.05) is 61.3 Å². The van der Waals surface area contributed by atoms with Gasteiger partial charge in [0.15, 0.2) is 0 Å². The van der Waals surface area contributed by atoms with E-state index in [1.165, 1.54) is 12.8 Å². The van der Waals surface area contributed by atoms with Gasteiger partial charge in [0.1, 0.15) is 0 Å². The summed E-state index contributed by atoms with van der Waals surface area (Å²) in [4.78, 5) is 31.0. The smallest absolute Gasteiger partial charge is 0.322 e. The zero-order chi connectivity index (χ0) is 22.5. The number of likely N-dealkylation sites (tertiary alicyclic amines) is 1. The predicted molar refractivity (Wildman–Crippen MR) is 130 cm³/mol. The highest BCUT2D eigenvalue weighted by atomic mass is 35.5. The second-order valence-electron chi connectivity index (χ2n) is 8.08. The monoisotopic (exact) mass is 475 g/mol. The van der Waals surface area contributed by atoms with Gasteiger partial charge in [-0.1, -0.05) is 29.3 Å². The number of hydrogen-bond donors (Lipinski definition) is 2. The van der Waals surface area contributed by atoms with Gasteiger partial charge in [0.05, 0.1) is 22.3 Å². The summed E-state index contributed by atoms with van der Waals surface area (Å²) in [5, 5.41) is 6.61. The van der Waals surface area contributed by atoms with Crippen LogP contribution in [0.4, 0.5) is 21.9 Å². The number of urea groups is 1. The SMILES string of the molecule is O=C(CN1CCCC1)Nc1ccc(N2CCN(C(=O)Nc3c(Cl)cccc3Cl)CC2)cc1. The van der Waals surface area contributed by atoms with Crippen LogP contribution in [0.3, 0.4) is 0 Å². The number of carbonyl (C=O) groups excluding carboxylic acids is 2. The fraction of sp³-hybridized carbons (Fsp3) is 0.391. The Hall–Kier alpha value is -2.48. The molecule has 0 aromatic heterocycles. The summed E-state index contributed by atoms with van der Waals surface area (Å²) in [5.41, 5.74) is 2.30. The number of benzene rings is 2. The quantitative estimate of drug-likeness (QED) is 0.672. The van der Waals surface area contributed by atoms with Crippen molar-refractivity contribution in [1.29, 1.82) is 0 Å². The Labute approximate surface area is 198 Å². The average molecular weight is 476 g/mol. The van der Waals surface area contributed by atoms with Gasteiger partial charge in [-0.25, -0.2) is 4.79 Å². The van der Waals surface area contributed by atoms with Crippen molar-refractivity contribution in [3.05, 3.63) is 52.5 Å². The standard InChI is InChI=1S/C23H27Cl2N5O2/c24-19-4-3-5-20(25)22(19)27-23(32)30-14-12-29(13-15-30)18-8-6-17(7-9-18)26-21(31)16-28-10-1-2-11-28/h3-9H,1-2,10-16H2,(H,26,31)(H,27,32). The minimum Gasteiger partial charge on any atom is -0.368 e. The molecule has 2 fully saturated rings. The first-order chi connectivity index (χ1) is 15.5. The number of halogens is 2. The van der Waals surface area contributed by atoms with E-state index in [0.717, 1.165) is 24.5 Å². The minimum atomic E-state index is -0.212. The fourth-order valence-corrected chi connectivity index (χ4v) is 4.56. The number of nitrogens with zero attached hydrogens (tertiary/aromatic N) is 3. The van der Waals surface area contributed by atoms with Gasteiger partial charge in [-0.3, -0.25) is 9.69 Å². The number of carbonyl (C=O) groups is 2. The normalized spacial score (nSPS) is 16.8. The van der Waals surface area contributed by atoms with Gasteiger partial charge in [0, 0.05) is 37.6 Å². The number of piperazine rings is 1. The van der Waals surface area contributed by atoms with Crippen molar-refractivity contribution in [2.45, 2.75) is 12.8 Å². The molecular weight excluding hydrogens is 449 g/mol. The van der Waals surface area contributed by atoms with Gasteiger partial charge in [0.2, 0.25) is 5.91 Å². The average Bonchev–Trinajstić information content (AvgIpc) is 3.30. The molecule has 2 saturated heterocycles. The van der Waals surface area contributed by atoms with E-state index in [2.05, 4.69) is 20.4 Å². The molecule has 0 atom stereocenters. The first-order valence-corrected chi connectivity index (χ1v) is 11.6. The lowest BCUT2D eigenvalue weighted by atomic mass is 10.2. The molecule has 0 radical (unpaired) electrons. The van der Waals surface area contributed by atoms with Crippen molar-refractivity contribution in [3.8, 4) is 0 Å². The van der Waals surface area contributed by atoms with Gasteiger partial charge in [-0.05, 0) is 62.3 Å². The van der Waals surface area contributed by atoms with Crippen LogP contribution in [0.15, 0.2) is 42.5 Å². The maximum atomic E-state index is 12.6. The summed E-state index contributed by atoms with van der Waals surface area (Å²) in [6.07, 6.45) is 2.34. The summed E-state index contributed by atoms with van der Waals surface area (Å²) in [6, 6.07) is 12.8. The lowest BCUT2D eigenvalue weighted by Crippen LogP contribution is -2.50. The van der Waals surface area contributed by atoms with E-state index >= 15 is 0 Å². The van der Waals surface area contributed by atoms with Crippen LogP contribution in [0.2, 0.25) is 10.0 Å². The largest absolute Gasteiger partial charge is 0.368 e. The van der Waals surface area contributed by atoms with Crippen LogP contribution in [-0.4, -0.2) is 67.6 Å². The number of rotatable bonds is 5. The molecule has 32 heavy (non-hydrogen) atoms. The van der Waals surface area contributed by atoms with Gasteiger partial charge < -0.3 is 20.4 Å². The molecular formula is C23H27Cl2N5O2. The fourth-order valence-electron chi connectivity index (χ4n) is 4.07.